The fourth-order valence-electron chi connectivity index (χ4n) is 2.71. The summed E-state index contributed by atoms with van der Waals surface area (Å²) in [5.74, 6) is 0.849. The minimum atomic E-state index is 0.0131. The molecule has 3 aliphatic rings. The number of carbonyl (C=O) groups is 1. The van der Waals surface area contributed by atoms with Gasteiger partial charge in [-0.05, 0) is 47.9 Å². The largest absolute Gasteiger partial charge is 0.349 e. The first-order chi connectivity index (χ1) is 7.65. The van der Waals surface area contributed by atoms with Crippen LogP contribution in [0.5, 0.6) is 0 Å². The van der Waals surface area contributed by atoms with E-state index in [1.54, 1.807) is 0 Å². The molecule has 3 nitrogen and oxygen atoms in total. The van der Waals surface area contributed by atoms with Gasteiger partial charge in [0.05, 0.1) is 11.3 Å². The zero-order valence-electron chi connectivity index (χ0n) is 9.08. The lowest BCUT2D eigenvalue weighted by Crippen LogP contribution is -2.55. The second-order valence-electron chi connectivity index (χ2n) is 4.78. The van der Waals surface area contributed by atoms with Crippen LogP contribution in [0.4, 0.5) is 0 Å². The van der Waals surface area contributed by atoms with Crippen molar-refractivity contribution >= 4 is 35.0 Å². The molecular weight excluding hydrogens is 240 g/mol. The Morgan fingerprint density at radius 1 is 1.50 bits per heavy atom. The van der Waals surface area contributed by atoms with Gasteiger partial charge in [0.25, 0.3) is 0 Å². The highest BCUT2D eigenvalue weighted by Gasteiger charge is 2.44. The molecule has 0 aromatic rings. The number of hydrogen-bond donors (Lipinski definition) is 2. The lowest BCUT2D eigenvalue weighted by atomic mass is 9.84. The number of carbonyl (C=O) groups excluding carboxylic acids is 1. The summed E-state index contributed by atoms with van der Waals surface area (Å²) >= 11 is 6.83. The smallest absolute Gasteiger partial charge is 0.236 e. The fraction of sp³-hybridized carbons (Fsp3) is 0.636. The SMILES string of the molecule is C[C@@H]1CCC2=C(C1)S[C@H]1NC(=S)NC(=O)[C@@H]21. The van der Waals surface area contributed by atoms with Gasteiger partial charge in [-0.2, -0.15) is 0 Å². The molecule has 0 saturated carbocycles. The first-order valence-corrected chi connectivity index (χ1v) is 6.94. The number of nitrogens with one attached hydrogen (secondary N) is 2. The van der Waals surface area contributed by atoms with Gasteiger partial charge in [-0.25, -0.2) is 0 Å². The monoisotopic (exact) mass is 254 g/mol. The van der Waals surface area contributed by atoms with Gasteiger partial charge in [0.2, 0.25) is 5.91 Å². The van der Waals surface area contributed by atoms with Gasteiger partial charge in [-0.15, -0.1) is 11.8 Å². The summed E-state index contributed by atoms with van der Waals surface area (Å²) in [6, 6.07) is 0. The van der Waals surface area contributed by atoms with Gasteiger partial charge in [0.1, 0.15) is 0 Å². The van der Waals surface area contributed by atoms with Crippen molar-refractivity contribution in [1.29, 1.82) is 0 Å². The standard InChI is InChI=1S/C11H14N2OS2/c1-5-2-3-6-7(4-5)16-10-8(6)9(14)12-11(15)13-10/h5,8,10H,2-4H2,1H3,(H2,12,13,14,15)/t5-,8-,10-/m1/s1. The van der Waals surface area contributed by atoms with Gasteiger partial charge >= 0.3 is 0 Å². The van der Waals surface area contributed by atoms with Gasteiger partial charge in [-0.3, -0.25) is 4.79 Å². The first-order valence-electron chi connectivity index (χ1n) is 5.65. The topological polar surface area (TPSA) is 41.1 Å². The molecule has 3 rings (SSSR count). The lowest BCUT2D eigenvalue weighted by Gasteiger charge is -2.29. The van der Waals surface area contributed by atoms with Crippen LogP contribution in [0.2, 0.25) is 0 Å². The summed E-state index contributed by atoms with van der Waals surface area (Å²) in [6.07, 6.45) is 3.42. The maximum atomic E-state index is 11.9. The van der Waals surface area contributed by atoms with E-state index in [1.165, 1.54) is 16.9 Å². The Balaban J connectivity index is 1.90. The number of amides is 1. The number of allylic oxidation sites excluding steroid dienone is 1. The van der Waals surface area contributed by atoms with E-state index in [2.05, 4.69) is 17.6 Å². The third kappa shape index (κ3) is 1.57. The molecule has 1 amide bonds. The number of fused-ring (bicyclic) bond motifs is 2. The molecule has 0 bridgehead atoms. The molecule has 5 heteroatoms. The summed E-state index contributed by atoms with van der Waals surface area (Å²) < 4.78 is 0. The van der Waals surface area contributed by atoms with Crippen LogP contribution in [0, 0.1) is 11.8 Å². The molecular formula is C11H14N2OS2. The second-order valence-corrected chi connectivity index (χ2v) is 6.42. The highest BCUT2D eigenvalue weighted by atomic mass is 32.2. The highest BCUT2D eigenvalue weighted by Crippen LogP contribution is 2.49. The molecule has 1 fully saturated rings. The van der Waals surface area contributed by atoms with Crippen molar-refractivity contribution in [2.75, 3.05) is 0 Å². The van der Waals surface area contributed by atoms with Crippen molar-refractivity contribution in [3.63, 3.8) is 0 Å². The Kier molecular flexibility index (Phi) is 2.47. The summed E-state index contributed by atoms with van der Waals surface area (Å²) in [7, 11) is 0. The molecule has 2 heterocycles. The van der Waals surface area contributed by atoms with Crippen LogP contribution in [0.15, 0.2) is 10.5 Å². The third-order valence-corrected chi connectivity index (χ3v) is 5.12. The molecule has 3 atom stereocenters. The molecule has 2 aliphatic heterocycles. The highest BCUT2D eigenvalue weighted by molar-refractivity contribution is 8.04. The summed E-state index contributed by atoms with van der Waals surface area (Å²) in [5, 5.41) is 6.56. The summed E-state index contributed by atoms with van der Waals surface area (Å²) in [5.41, 5.74) is 1.36. The molecule has 0 unspecified atom stereocenters. The zero-order chi connectivity index (χ0) is 11.3. The van der Waals surface area contributed by atoms with Crippen LogP contribution in [0.1, 0.15) is 26.2 Å². The molecule has 2 N–H and O–H groups in total. The van der Waals surface area contributed by atoms with Crippen LogP contribution in [-0.2, 0) is 4.79 Å². The van der Waals surface area contributed by atoms with E-state index < -0.39 is 0 Å². The Morgan fingerprint density at radius 2 is 2.31 bits per heavy atom. The fourth-order valence-corrected chi connectivity index (χ4v) is 4.68. The van der Waals surface area contributed by atoms with E-state index in [9.17, 15) is 4.79 Å². The third-order valence-electron chi connectivity index (χ3n) is 3.54. The van der Waals surface area contributed by atoms with E-state index in [0.717, 1.165) is 18.8 Å². The average Bonchev–Trinajstić information content (AvgIpc) is 2.54. The molecule has 0 spiro atoms. The van der Waals surface area contributed by atoms with E-state index in [-0.39, 0.29) is 17.2 Å². The first kappa shape index (κ1) is 10.6. The van der Waals surface area contributed by atoms with Crippen molar-refractivity contribution in [1.82, 2.24) is 10.6 Å². The van der Waals surface area contributed by atoms with Crippen molar-refractivity contribution in [2.45, 2.75) is 31.6 Å². The predicted molar refractivity (Wildman–Crippen MR) is 68.8 cm³/mol. The molecule has 16 heavy (non-hydrogen) atoms. The van der Waals surface area contributed by atoms with Crippen LogP contribution in [0.25, 0.3) is 0 Å². The van der Waals surface area contributed by atoms with Crippen LogP contribution in [0.3, 0.4) is 0 Å². The van der Waals surface area contributed by atoms with Gasteiger partial charge < -0.3 is 10.6 Å². The zero-order valence-corrected chi connectivity index (χ0v) is 10.7. The van der Waals surface area contributed by atoms with Gasteiger partial charge in [0, 0.05) is 0 Å². The molecule has 86 valence electrons. The number of thiocarbonyl (C=S) groups is 1. The Labute approximate surface area is 104 Å². The second kappa shape index (κ2) is 3.74. The Morgan fingerprint density at radius 3 is 3.12 bits per heavy atom. The van der Waals surface area contributed by atoms with Crippen molar-refractivity contribution < 1.29 is 4.79 Å². The van der Waals surface area contributed by atoms with Crippen molar-refractivity contribution in [3.8, 4) is 0 Å². The van der Waals surface area contributed by atoms with E-state index in [0.29, 0.717) is 5.11 Å². The molecule has 0 aromatic heterocycles. The minimum Gasteiger partial charge on any atom is -0.349 e. The Hall–Kier alpha value is -0.550. The molecule has 0 aromatic carbocycles. The van der Waals surface area contributed by atoms with Gasteiger partial charge in [-0.1, -0.05) is 6.92 Å². The van der Waals surface area contributed by atoms with Gasteiger partial charge in [0.15, 0.2) is 5.11 Å². The van der Waals surface area contributed by atoms with E-state index in [1.807, 2.05) is 11.8 Å². The average molecular weight is 254 g/mol. The molecule has 1 saturated heterocycles. The van der Waals surface area contributed by atoms with E-state index in [4.69, 9.17) is 12.2 Å². The number of thioether (sulfide) groups is 1. The van der Waals surface area contributed by atoms with Crippen LogP contribution < -0.4 is 10.6 Å². The maximum absolute atomic E-state index is 11.9. The molecule has 1 aliphatic carbocycles. The number of rotatable bonds is 0. The summed E-state index contributed by atoms with van der Waals surface area (Å²) in [4.78, 5) is 13.4. The van der Waals surface area contributed by atoms with Crippen LogP contribution >= 0.6 is 24.0 Å². The maximum Gasteiger partial charge on any atom is 0.236 e. The van der Waals surface area contributed by atoms with Crippen molar-refractivity contribution in [2.24, 2.45) is 11.8 Å². The minimum absolute atomic E-state index is 0.0131. The number of hydrogen-bond acceptors (Lipinski definition) is 3. The lowest BCUT2D eigenvalue weighted by molar-refractivity contribution is -0.123. The Bertz CT molecular complexity index is 405. The van der Waals surface area contributed by atoms with E-state index >= 15 is 0 Å². The predicted octanol–water partition coefficient (Wildman–Crippen LogP) is 1.75. The molecule has 0 radical (unpaired) electrons. The van der Waals surface area contributed by atoms with Crippen LogP contribution in [-0.4, -0.2) is 16.4 Å². The summed E-state index contributed by atoms with van der Waals surface area (Å²) in [6.45, 7) is 2.28. The van der Waals surface area contributed by atoms with Crippen molar-refractivity contribution in [3.05, 3.63) is 10.5 Å². The normalized spacial score (nSPS) is 37.7. The quantitative estimate of drug-likeness (QED) is 0.646.